The zero-order valence-corrected chi connectivity index (χ0v) is 19.0. The molecule has 3 aliphatic heterocycles. The van der Waals surface area contributed by atoms with E-state index in [1.165, 1.54) is 6.07 Å². The Kier molecular flexibility index (Phi) is 6.04. The van der Waals surface area contributed by atoms with Crippen molar-refractivity contribution in [1.29, 1.82) is 0 Å². The Balaban J connectivity index is 1.45. The Labute approximate surface area is 198 Å². The second-order valence-corrected chi connectivity index (χ2v) is 9.68. The van der Waals surface area contributed by atoms with Gasteiger partial charge in [-0.15, -0.1) is 0 Å². The molecule has 7 nitrogen and oxygen atoms in total. The molecule has 5 rings (SSSR count). The number of piperidine rings is 2. The van der Waals surface area contributed by atoms with Crippen molar-refractivity contribution in [1.82, 2.24) is 10.2 Å². The van der Waals surface area contributed by atoms with Crippen LogP contribution >= 0.6 is 0 Å². The van der Waals surface area contributed by atoms with Crippen LogP contribution < -0.4 is 11.1 Å². The number of halogens is 1. The van der Waals surface area contributed by atoms with Gasteiger partial charge in [-0.3, -0.25) is 9.69 Å². The van der Waals surface area contributed by atoms with Gasteiger partial charge in [0.15, 0.2) is 0 Å². The summed E-state index contributed by atoms with van der Waals surface area (Å²) < 4.78 is 21.5. The van der Waals surface area contributed by atoms with Crippen molar-refractivity contribution in [2.24, 2.45) is 5.73 Å². The number of rotatable bonds is 4. The normalized spacial score (nSPS) is 28.5. The lowest BCUT2D eigenvalue weighted by atomic mass is 9.79. The number of nitrogens with zero attached hydrogens (tertiary/aromatic N) is 1. The fraction of sp³-hybridized carbons (Fsp3) is 0.462. The molecular weight excluding hydrogens is 437 g/mol. The molecule has 4 N–H and O–H groups in total. The van der Waals surface area contributed by atoms with Gasteiger partial charge in [-0.25, -0.2) is 9.18 Å². The van der Waals surface area contributed by atoms with Gasteiger partial charge in [0.1, 0.15) is 11.9 Å². The van der Waals surface area contributed by atoms with E-state index in [2.05, 4.69) is 5.32 Å². The summed E-state index contributed by atoms with van der Waals surface area (Å²) in [6, 6.07) is 11.5. The lowest BCUT2D eigenvalue weighted by Gasteiger charge is -2.46. The van der Waals surface area contributed by atoms with Gasteiger partial charge in [0.05, 0.1) is 11.6 Å². The molecule has 2 aromatic rings. The number of hydrogen-bond donors (Lipinski definition) is 3. The lowest BCUT2D eigenvalue weighted by molar-refractivity contribution is -0.0346. The van der Waals surface area contributed by atoms with Crippen molar-refractivity contribution in [2.45, 2.75) is 62.3 Å². The number of nitrogens with one attached hydrogen (secondary N) is 1. The molecule has 8 heteroatoms. The Morgan fingerprint density at radius 3 is 2.59 bits per heavy atom. The molecule has 3 aliphatic rings. The molecule has 0 aromatic heterocycles. The molecule has 0 aliphatic carbocycles. The Hall–Kier alpha value is -2.97. The first-order chi connectivity index (χ1) is 16.4. The standard InChI is InChI=1S/C26H30FN3O4/c27-23-12-18(16-3-5-17(6-4-16)24(28)32)7-8-22(23)26-10-9-19(13-20(31)14-26)30(26)25(33)34-21-2-1-11-29-15-21/h3-8,12,19-21,29,31H,1-2,9-11,13-15H2,(H2,28,32). The van der Waals surface area contributed by atoms with Gasteiger partial charge < -0.3 is 20.9 Å². The number of primary amides is 1. The highest BCUT2D eigenvalue weighted by atomic mass is 19.1. The number of aliphatic hydroxyl groups excluding tert-OH is 1. The second-order valence-electron chi connectivity index (χ2n) is 9.68. The first kappa shape index (κ1) is 22.8. The van der Waals surface area contributed by atoms with Crippen LogP contribution in [-0.4, -0.2) is 53.3 Å². The van der Waals surface area contributed by atoms with Crippen molar-refractivity contribution < 1.29 is 23.8 Å². The number of nitrogens with two attached hydrogens (primary N) is 1. The average Bonchev–Trinajstić information content (AvgIpc) is 3.08. The number of benzene rings is 2. The first-order valence-electron chi connectivity index (χ1n) is 12.0. The van der Waals surface area contributed by atoms with Crippen LogP contribution in [0.15, 0.2) is 42.5 Å². The summed E-state index contributed by atoms with van der Waals surface area (Å²) in [5.41, 5.74) is 6.57. The van der Waals surface area contributed by atoms with Crippen molar-refractivity contribution in [3.63, 3.8) is 0 Å². The zero-order valence-electron chi connectivity index (χ0n) is 19.0. The predicted octanol–water partition coefficient (Wildman–Crippen LogP) is 3.29. The van der Waals surface area contributed by atoms with E-state index in [0.29, 0.717) is 42.5 Å². The van der Waals surface area contributed by atoms with Crippen LogP contribution in [0.5, 0.6) is 0 Å². The van der Waals surface area contributed by atoms with Crippen LogP contribution in [0.3, 0.4) is 0 Å². The maximum absolute atomic E-state index is 15.7. The number of fused-ring (bicyclic) bond motifs is 2. The SMILES string of the molecule is NC(=O)c1ccc(-c2ccc(C34CCC(CC(O)C3)N4C(=O)OC3CCCNC3)c(F)c2)cc1. The second kappa shape index (κ2) is 9.00. The quantitative estimate of drug-likeness (QED) is 0.640. The van der Waals surface area contributed by atoms with Crippen LogP contribution in [0.4, 0.5) is 9.18 Å². The summed E-state index contributed by atoms with van der Waals surface area (Å²) >= 11 is 0. The molecule has 3 saturated heterocycles. The smallest absolute Gasteiger partial charge is 0.411 e. The Morgan fingerprint density at radius 1 is 1.15 bits per heavy atom. The van der Waals surface area contributed by atoms with Gasteiger partial charge in [0.2, 0.25) is 5.91 Å². The molecule has 2 bridgehead atoms. The Bertz CT molecular complexity index is 1090. The number of hydrogen-bond acceptors (Lipinski definition) is 5. The van der Waals surface area contributed by atoms with Gasteiger partial charge in [-0.05, 0) is 68.0 Å². The third-order valence-electron chi connectivity index (χ3n) is 7.52. The van der Waals surface area contributed by atoms with E-state index in [1.807, 2.05) is 6.07 Å². The highest BCUT2D eigenvalue weighted by Crippen LogP contribution is 2.52. The highest BCUT2D eigenvalue weighted by Gasteiger charge is 2.56. The van der Waals surface area contributed by atoms with Gasteiger partial charge in [0, 0.05) is 30.1 Å². The van der Waals surface area contributed by atoms with Crippen molar-refractivity contribution in [3.8, 4) is 11.1 Å². The maximum atomic E-state index is 15.7. The molecule has 34 heavy (non-hydrogen) atoms. The van der Waals surface area contributed by atoms with Gasteiger partial charge in [-0.2, -0.15) is 0 Å². The van der Waals surface area contributed by atoms with Gasteiger partial charge in [0.25, 0.3) is 0 Å². The molecule has 0 radical (unpaired) electrons. The summed E-state index contributed by atoms with van der Waals surface area (Å²) in [6.07, 6.45) is 2.58. The summed E-state index contributed by atoms with van der Waals surface area (Å²) in [4.78, 5) is 26.4. The molecule has 0 spiro atoms. The summed E-state index contributed by atoms with van der Waals surface area (Å²) in [5, 5.41) is 13.8. The number of carbonyl (C=O) groups excluding carboxylic acids is 2. The van der Waals surface area contributed by atoms with Crippen LogP contribution in [0.2, 0.25) is 0 Å². The number of carbonyl (C=O) groups is 2. The minimum atomic E-state index is -0.931. The van der Waals surface area contributed by atoms with E-state index >= 15 is 4.39 Å². The number of amides is 2. The third kappa shape index (κ3) is 4.05. The van der Waals surface area contributed by atoms with E-state index in [0.717, 1.165) is 24.9 Å². The maximum Gasteiger partial charge on any atom is 0.411 e. The minimum Gasteiger partial charge on any atom is -0.445 e. The number of aliphatic hydroxyl groups is 1. The van der Waals surface area contributed by atoms with E-state index in [4.69, 9.17) is 10.5 Å². The van der Waals surface area contributed by atoms with Crippen LogP contribution in [0.1, 0.15) is 54.4 Å². The lowest BCUT2D eigenvalue weighted by Crippen LogP contribution is -2.56. The molecule has 0 saturated carbocycles. The molecule has 4 atom stereocenters. The van der Waals surface area contributed by atoms with Crippen molar-refractivity contribution in [2.75, 3.05) is 13.1 Å². The topological polar surface area (TPSA) is 105 Å². The van der Waals surface area contributed by atoms with Crippen LogP contribution in [0.25, 0.3) is 11.1 Å². The molecular formula is C26H30FN3O4. The monoisotopic (exact) mass is 467 g/mol. The third-order valence-corrected chi connectivity index (χ3v) is 7.52. The number of ether oxygens (including phenoxy) is 1. The van der Waals surface area contributed by atoms with Crippen LogP contribution in [-0.2, 0) is 10.3 Å². The van der Waals surface area contributed by atoms with Gasteiger partial charge in [-0.1, -0.05) is 24.3 Å². The van der Waals surface area contributed by atoms with E-state index in [1.54, 1.807) is 35.2 Å². The largest absolute Gasteiger partial charge is 0.445 e. The van der Waals surface area contributed by atoms with Crippen molar-refractivity contribution >= 4 is 12.0 Å². The molecule has 3 heterocycles. The van der Waals surface area contributed by atoms with Crippen LogP contribution in [0, 0.1) is 5.82 Å². The van der Waals surface area contributed by atoms with E-state index < -0.39 is 29.5 Å². The summed E-state index contributed by atoms with van der Waals surface area (Å²) in [5.74, 6) is -0.946. The molecule has 4 unspecified atom stereocenters. The first-order valence-corrected chi connectivity index (χ1v) is 12.0. The molecule has 180 valence electrons. The van der Waals surface area contributed by atoms with Crippen molar-refractivity contribution in [3.05, 3.63) is 59.4 Å². The van der Waals surface area contributed by atoms with Gasteiger partial charge >= 0.3 is 6.09 Å². The van der Waals surface area contributed by atoms with E-state index in [-0.39, 0.29) is 18.6 Å². The fourth-order valence-electron chi connectivity index (χ4n) is 5.93. The zero-order chi connectivity index (χ0) is 23.9. The minimum absolute atomic E-state index is 0.173. The fourth-order valence-corrected chi connectivity index (χ4v) is 5.93. The van der Waals surface area contributed by atoms with E-state index in [9.17, 15) is 14.7 Å². The average molecular weight is 468 g/mol. The summed E-state index contributed by atoms with van der Waals surface area (Å²) in [6.45, 7) is 1.54. The molecule has 2 amide bonds. The summed E-state index contributed by atoms with van der Waals surface area (Å²) in [7, 11) is 0. The Morgan fingerprint density at radius 2 is 1.91 bits per heavy atom. The highest BCUT2D eigenvalue weighted by molar-refractivity contribution is 5.93. The predicted molar refractivity (Wildman–Crippen MR) is 125 cm³/mol. The molecule has 3 fully saturated rings. The molecule has 2 aromatic carbocycles.